The third-order valence-corrected chi connectivity index (χ3v) is 5.95. The van der Waals surface area contributed by atoms with E-state index in [1.165, 1.54) is 6.21 Å². The number of benzene rings is 4. The van der Waals surface area contributed by atoms with Gasteiger partial charge in [0.1, 0.15) is 11.5 Å². The lowest BCUT2D eigenvalue weighted by molar-refractivity contribution is 0.0734. The van der Waals surface area contributed by atoms with Crippen LogP contribution in [0.15, 0.2) is 90.0 Å². The van der Waals surface area contributed by atoms with Crippen LogP contribution in [-0.4, -0.2) is 24.7 Å². The molecule has 0 saturated heterocycles. The quantitative estimate of drug-likeness (QED) is 0.101. The summed E-state index contributed by atoms with van der Waals surface area (Å²) < 4.78 is 12.0. The summed E-state index contributed by atoms with van der Waals surface area (Å²) >= 11 is 2.10. The van der Waals surface area contributed by atoms with Gasteiger partial charge in [-0.2, -0.15) is 5.10 Å². The summed E-state index contributed by atoms with van der Waals surface area (Å²) in [6, 6.07) is 25.3. The van der Waals surface area contributed by atoms with Crippen LogP contribution in [0, 0.1) is 3.57 Å². The van der Waals surface area contributed by atoms with Gasteiger partial charge in [-0.1, -0.05) is 42.5 Å². The molecule has 0 saturated carbocycles. The van der Waals surface area contributed by atoms with E-state index in [-0.39, 0.29) is 5.91 Å². The van der Waals surface area contributed by atoms with Crippen LogP contribution in [0.25, 0.3) is 10.8 Å². The number of nitrogens with one attached hydrogen (secondary N) is 1. The Kier molecular flexibility index (Phi) is 7.54. The highest BCUT2D eigenvalue weighted by Gasteiger charge is 2.14. The molecule has 0 aliphatic rings. The minimum absolute atomic E-state index is 0.325. The van der Waals surface area contributed by atoms with Crippen molar-refractivity contribution in [1.82, 2.24) is 5.43 Å². The summed E-state index contributed by atoms with van der Waals surface area (Å²) in [5, 5.41) is 5.94. The number of fused-ring (bicyclic) bond motifs is 1. The minimum atomic E-state index is -0.504. The fourth-order valence-corrected chi connectivity index (χ4v) is 4.00. The molecule has 7 heteroatoms. The van der Waals surface area contributed by atoms with Crippen LogP contribution < -0.4 is 14.9 Å². The average molecular weight is 564 g/mol. The molecule has 0 aromatic heterocycles. The van der Waals surface area contributed by atoms with Crippen molar-refractivity contribution in [3.8, 4) is 11.5 Å². The number of rotatable bonds is 7. The number of ether oxygens (including phenoxy) is 2. The predicted molar refractivity (Wildman–Crippen MR) is 141 cm³/mol. The summed E-state index contributed by atoms with van der Waals surface area (Å²) in [5.74, 6) is 0.191. The van der Waals surface area contributed by atoms with Crippen LogP contribution >= 0.6 is 22.6 Å². The van der Waals surface area contributed by atoms with Crippen LogP contribution in [0.3, 0.4) is 0 Å². The molecule has 0 bridgehead atoms. The second-order valence-electron chi connectivity index (χ2n) is 7.22. The van der Waals surface area contributed by atoms with E-state index in [0.29, 0.717) is 34.8 Å². The van der Waals surface area contributed by atoms with Gasteiger partial charge in [0.25, 0.3) is 5.91 Å². The summed E-state index contributed by atoms with van der Waals surface area (Å²) in [6.07, 6.45) is 1.50. The van der Waals surface area contributed by atoms with Gasteiger partial charge in [0, 0.05) is 9.13 Å². The summed E-state index contributed by atoms with van der Waals surface area (Å²) in [6.45, 7) is 2.44. The van der Waals surface area contributed by atoms with E-state index in [0.717, 1.165) is 14.3 Å². The van der Waals surface area contributed by atoms with Gasteiger partial charge >= 0.3 is 5.97 Å². The van der Waals surface area contributed by atoms with Crippen LogP contribution in [0.2, 0.25) is 0 Å². The SMILES string of the molecule is CCOc1ccc(C(=O)Oc2ccc3ccccc3c2/C=N/NC(=O)c2ccccc2I)cc1. The molecular formula is C27H21IN2O4. The zero-order valence-electron chi connectivity index (χ0n) is 18.3. The molecular weight excluding hydrogens is 543 g/mol. The zero-order valence-corrected chi connectivity index (χ0v) is 20.5. The minimum Gasteiger partial charge on any atom is -0.494 e. The van der Waals surface area contributed by atoms with E-state index in [4.69, 9.17) is 9.47 Å². The van der Waals surface area contributed by atoms with Gasteiger partial charge in [0.15, 0.2) is 0 Å². The monoisotopic (exact) mass is 564 g/mol. The van der Waals surface area contributed by atoms with Gasteiger partial charge in [-0.15, -0.1) is 0 Å². The Morgan fingerprint density at radius 3 is 2.44 bits per heavy atom. The molecule has 34 heavy (non-hydrogen) atoms. The van der Waals surface area contributed by atoms with Crippen molar-refractivity contribution >= 4 is 51.5 Å². The number of amides is 1. The third-order valence-electron chi connectivity index (χ3n) is 5.01. The van der Waals surface area contributed by atoms with Crippen molar-refractivity contribution in [3.05, 3.63) is 105 Å². The van der Waals surface area contributed by atoms with Crippen molar-refractivity contribution in [2.75, 3.05) is 6.61 Å². The topological polar surface area (TPSA) is 77.0 Å². The highest BCUT2D eigenvalue weighted by molar-refractivity contribution is 14.1. The molecule has 0 aliphatic carbocycles. The maximum absolute atomic E-state index is 12.8. The van der Waals surface area contributed by atoms with Crippen molar-refractivity contribution in [2.24, 2.45) is 5.10 Å². The first-order valence-electron chi connectivity index (χ1n) is 10.6. The second-order valence-corrected chi connectivity index (χ2v) is 8.39. The first kappa shape index (κ1) is 23.4. The number of carbonyl (C=O) groups excluding carboxylic acids is 2. The first-order valence-corrected chi connectivity index (χ1v) is 11.7. The van der Waals surface area contributed by atoms with Crippen molar-refractivity contribution in [2.45, 2.75) is 6.92 Å². The lowest BCUT2D eigenvalue weighted by atomic mass is 10.0. The normalized spacial score (nSPS) is 10.9. The highest BCUT2D eigenvalue weighted by atomic mass is 127. The van der Waals surface area contributed by atoms with Crippen LogP contribution in [0.4, 0.5) is 0 Å². The molecule has 0 aliphatic heterocycles. The van der Waals surface area contributed by atoms with E-state index in [1.54, 1.807) is 42.5 Å². The number of carbonyl (C=O) groups is 2. The van der Waals surface area contributed by atoms with Gasteiger partial charge in [-0.25, -0.2) is 10.2 Å². The van der Waals surface area contributed by atoms with Crippen LogP contribution in [0.1, 0.15) is 33.2 Å². The molecule has 0 spiro atoms. The molecule has 0 unspecified atom stereocenters. The van der Waals surface area contributed by atoms with Gasteiger partial charge in [0.2, 0.25) is 0 Å². The van der Waals surface area contributed by atoms with E-state index >= 15 is 0 Å². The number of halogens is 1. The molecule has 4 aromatic rings. The Balaban J connectivity index is 1.60. The number of hydrogen-bond acceptors (Lipinski definition) is 5. The van der Waals surface area contributed by atoms with Gasteiger partial charge < -0.3 is 9.47 Å². The number of esters is 1. The van der Waals surface area contributed by atoms with Crippen molar-refractivity contribution < 1.29 is 19.1 Å². The Morgan fingerprint density at radius 1 is 0.941 bits per heavy atom. The Morgan fingerprint density at radius 2 is 1.68 bits per heavy atom. The molecule has 0 fully saturated rings. The Bertz CT molecular complexity index is 1370. The van der Waals surface area contributed by atoms with Crippen molar-refractivity contribution in [3.63, 3.8) is 0 Å². The lowest BCUT2D eigenvalue weighted by Gasteiger charge is -2.11. The largest absolute Gasteiger partial charge is 0.494 e. The predicted octanol–water partition coefficient (Wildman–Crippen LogP) is 5.83. The van der Waals surface area contributed by atoms with Gasteiger partial charge in [-0.3, -0.25) is 4.79 Å². The highest BCUT2D eigenvalue weighted by Crippen LogP contribution is 2.27. The molecule has 4 rings (SSSR count). The fraction of sp³-hybridized carbons (Fsp3) is 0.0741. The van der Waals surface area contributed by atoms with E-state index in [9.17, 15) is 9.59 Å². The molecule has 170 valence electrons. The molecule has 1 amide bonds. The number of hydrogen-bond donors (Lipinski definition) is 1. The smallest absolute Gasteiger partial charge is 0.343 e. The molecule has 0 atom stereocenters. The first-order chi connectivity index (χ1) is 16.6. The summed E-state index contributed by atoms with van der Waals surface area (Å²) in [4.78, 5) is 25.3. The maximum atomic E-state index is 12.8. The van der Waals surface area contributed by atoms with Crippen LogP contribution in [-0.2, 0) is 0 Å². The summed E-state index contributed by atoms with van der Waals surface area (Å²) in [7, 11) is 0. The maximum Gasteiger partial charge on any atom is 0.343 e. The van der Waals surface area contributed by atoms with Crippen molar-refractivity contribution in [1.29, 1.82) is 0 Å². The second kappa shape index (κ2) is 10.9. The van der Waals surface area contributed by atoms with Gasteiger partial charge in [-0.05, 0) is 82.8 Å². The van der Waals surface area contributed by atoms with E-state index in [1.807, 2.05) is 49.4 Å². The van der Waals surface area contributed by atoms with E-state index in [2.05, 4.69) is 33.1 Å². The average Bonchev–Trinajstić information content (AvgIpc) is 2.86. The molecule has 0 heterocycles. The molecule has 1 N–H and O–H groups in total. The third kappa shape index (κ3) is 5.43. The fourth-order valence-electron chi connectivity index (χ4n) is 3.37. The van der Waals surface area contributed by atoms with E-state index < -0.39 is 5.97 Å². The molecule has 6 nitrogen and oxygen atoms in total. The van der Waals surface area contributed by atoms with Gasteiger partial charge in [0.05, 0.1) is 23.9 Å². The Hall–Kier alpha value is -3.72. The zero-order chi connectivity index (χ0) is 23.9. The number of nitrogens with zero attached hydrogens (tertiary/aromatic N) is 1. The molecule has 0 radical (unpaired) electrons. The standard InChI is InChI=1S/C27H21IN2O4/c1-2-33-20-14-11-19(12-15-20)27(32)34-25-16-13-18-7-3-4-8-21(18)23(25)17-29-30-26(31)22-9-5-6-10-24(22)28/h3-17H,2H2,1H3,(H,30,31)/b29-17+. The lowest BCUT2D eigenvalue weighted by Crippen LogP contribution is -2.19. The summed E-state index contributed by atoms with van der Waals surface area (Å²) in [5.41, 5.74) is 4.06. The number of hydrazone groups is 1. The van der Waals surface area contributed by atoms with Crippen LogP contribution in [0.5, 0.6) is 11.5 Å². The Labute approximate surface area is 210 Å². The molecule has 4 aromatic carbocycles.